The molecule has 1 amide bonds. The molecule has 0 aliphatic heterocycles. The standard InChI is InChI=1S/C16H14FN5O/c17-12-7-4-8-13(9-12)19-16(23)14-15(18)22(21-20-14)10-11-5-2-1-3-6-11/h1-9H,10,18H2,(H,19,23). The third-order valence-electron chi connectivity index (χ3n) is 3.25. The molecule has 7 heteroatoms. The Kier molecular flexibility index (Phi) is 4.01. The minimum Gasteiger partial charge on any atom is -0.382 e. The molecule has 0 radical (unpaired) electrons. The number of nitrogens with one attached hydrogen (secondary N) is 1. The van der Waals surface area contributed by atoms with Gasteiger partial charge in [-0.1, -0.05) is 41.6 Å². The van der Waals surface area contributed by atoms with Crippen molar-refractivity contribution in [2.45, 2.75) is 6.54 Å². The predicted octanol–water partition coefficient (Wildman–Crippen LogP) is 2.30. The molecule has 0 saturated heterocycles. The fourth-order valence-electron chi connectivity index (χ4n) is 2.11. The van der Waals surface area contributed by atoms with Gasteiger partial charge in [0.25, 0.3) is 5.91 Å². The van der Waals surface area contributed by atoms with Crippen LogP contribution in [0.25, 0.3) is 0 Å². The Morgan fingerprint density at radius 3 is 2.70 bits per heavy atom. The molecule has 0 fully saturated rings. The number of nitrogens with zero attached hydrogens (tertiary/aromatic N) is 3. The van der Waals surface area contributed by atoms with E-state index in [0.29, 0.717) is 12.2 Å². The largest absolute Gasteiger partial charge is 0.382 e. The summed E-state index contributed by atoms with van der Waals surface area (Å²) in [4.78, 5) is 12.2. The van der Waals surface area contributed by atoms with Crippen LogP contribution in [0, 0.1) is 5.82 Å². The van der Waals surface area contributed by atoms with Gasteiger partial charge in [-0.15, -0.1) is 5.10 Å². The summed E-state index contributed by atoms with van der Waals surface area (Å²) in [6, 6.07) is 15.1. The SMILES string of the molecule is Nc1c(C(=O)Nc2cccc(F)c2)nnn1Cc1ccccc1. The van der Waals surface area contributed by atoms with E-state index in [-0.39, 0.29) is 11.5 Å². The molecule has 3 aromatic rings. The maximum Gasteiger partial charge on any atom is 0.280 e. The molecule has 3 rings (SSSR count). The van der Waals surface area contributed by atoms with Gasteiger partial charge in [0.1, 0.15) is 5.82 Å². The molecule has 1 aromatic heterocycles. The Morgan fingerprint density at radius 1 is 1.17 bits per heavy atom. The normalized spacial score (nSPS) is 10.5. The van der Waals surface area contributed by atoms with Crippen molar-refractivity contribution >= 4 is 17.4 Å². The topological polar surface area (TPSA) is 85.8 Å². The maximum absolute atomic E-state index is 13.1. The fourth-order valence-corrected chi connectivity index (χ4v) is 2.11. The molecule has 6 nitrogen and oxygen atoms in total. The minimum absolute atomic E-state index is 0.00481. The Balaban J connectivity index is 1.77. The van der Waals surface area contributed by atoms with E-state index in [1.54, 1.807) is 6.07 Å². The van der Waals surface area contributed by atoms with E-state index in [2.05, 4.69) is 15.6 Å². The first kappa shape index (κ1) is 14.7. The fraction of sp³-hybridized carbons (Fsp3) is 0.0625. The molecular weight excluding hydrogens is 297 g/mol. The number of benzene rings is 2. The van der Waals surface area contributed by atoms with Gasteiger partial charge < -0.3 is 11.1 Å². The van der Waals surface area contributed by atoms with E-state index in [1.165, 1.54) is 22.9 Å². The first-order valence-corrected chi connectivity index (χ1v) is 6.93. The average molecular weight is 311 g/mol. The Labute approximate surface area is 131 Å². The van der Waals surface area contributed by atoms with Crippen LogP contribution >= 0.6 is 0 Å². The van der Waals surface area contributed by atoms with Gasteiger partial charge in [-0.3, -0.25) is 4.79 Å². The third kappa shape index (κ3) is 3.34. The van der Waals surface area contributed by atoms with Crippen LogP contribution in [0.2, 0.25) is 0 Å². The first-order valence-electron chi connectivity index (χ1n) is 6.93. The second-order valence-corrected chi connectivity index (χ2v) is 4.93. The third-order valence-corrected chi connectivity index (χ3v) is 3.25. The van der Waals surface area contributed by atoms with Gasteiger partial charge in [0, 0.05) is 5.69 Å². The van der Waals surface area contributed by atoms with Gasteiger partial charge in [0.05, 0.1) is 6.54 Å². The smallest absolute Gasteiger partial charge is 0.280 e. The van der Waals surface area contributed by atoms with Gasteiger partial charge in [0.15, 0.2) is 11.5 Å². The second-order valence-electron chi connectivity index (χ2n) is 4.93. The highest BCUT2D eigenvalue weighted by atomic mass is 19.1. The van der Waals surface area contributed by atoms with E-state index in [0.717, 1.165) is 5.56 Å². The average Bonchev–Trinajstić information content (AvgIpc) is 2.89. The summed E-state index contributed by atoms with van der Waals surface area (Å²) in [6.45, 7) is 0.410. The number of amides is 1. The van der Waals surface area contributed by atoms with Crippen molar-refractivity contribution in [1.29, 1.82) is 0 Å². The van der Waals surface area contributed by atoms with Gasteiger partial charge in [-0.05, 0) is 23.8 Å². The van der Waals surface area contributed by atoms with E-state index in [9.17, 15) is 9.18 Å². The summed E-state index contributed by atoms with van der Waals surface area (Å²) in [5, 5.41) is 10.3. The number of carbonyl (C=O) groups is 1. The van der Waals surface area contributed by atoms with Crippen molar-refractivity contribution in [1.82, 2.24) is 15.0 Å². The van der Waals surface area contributed by atoms with E-state index >= 15 is 0 Å². The number of nitrogen functional groups attached to an aromatic ring is 1. The van der Waals surface area contributed by atoms with Crippen LogP contribution in [0.15, 0.2) is 54.6 Å². The molecule has 0 unspecified atom stereocenters. The molecule has 23 heavy (non-hydrogen) atoms. The zero-order valence-electron chi connectivity index (χ0n) is 12.1. The maximum atomic E-state index is 13.1. The summed E-state index contributed by atoms with van der Waals surface area (Å²) in [5.74, 6) is -0.821. The number of rotatable bonds is 4. The van der Waals surface area contributed by atoms with Gasteiger partial charge >= 0.3 is 0 Å². The van der Waals surface area contributed by atoms with Crippen LogP contribution in [0.3, 0.4) is 0 Å². The molecular formula is C16H14FN5O. The molecule has 0 atom stereocenters. The Hall–Kier alpha value is -3.22. The highest BCUT2D eigenvalue weighted by molar-refractivity contribution is 6.05. The quantitative estimate of drug-likeness (QED) is 0.774. The summed E-state index contributed by atoms with van der Waals surface area (Å²) in [5.41, 5.74) is 7.26. The van der Waals surface area contributed by atoms with E-state index in [4.69, 9.17) is 5.73 Å². The van der Waals surface area contributed by atoms with Crippen molar-refractivity contribution in [3.05, 3.63) is 71.7 Å². The highest BCUT2D eigenvalue weighted by Crippen LogP contribution is 2.14. The first-order chi connectivity index (χ1) is 11.1. The molecule has 0 spiro atoms. The zero-order valence-corrected chi connectivity index (χ0v) is 12.1. The molecule has 2 aromatic carbocycles. The van der Waals surface area contributed by atoms with Crippen LogP contribution in [-0.4, -0.2) is 20.9 Å². The van der Waals surface area contributed by atoms with Crippen molar-refractivity contribution in [3.8, 4) is 0 Å². The lowest BCUT2D eigenvalue weighted by Gasteiger charge is -2.05. The summed E-state index contributed by atoms with van der Waals surface area (Å²) >= 11 is 0. The summed E-state index contributed by atoms with van der Waals surface area (Å²) in [7, 11) is 0. The number of halogens is 1. The minimum atomic E-state index is -0.535. The lowest BCUT2D eigenvalue weighted by molar-refractivity contribution is 0.102. The summed E-state index contributed by atoms with van der Waals surface area (Å²) < 4.78 is 14.6. The van der Waals surface area contributed by atoms with Crippen LogP contribution in [0.1, 0.15) is 16.1 Å². The lowest BCUT2D eigenvalue weighted by Crippen LogP contribution is -2.15. The number of hydrogen-bond donors (Lipinski definition) is 2. The number of nitrogens with two attached hydrogens (primary N) is 1. The van der Waals surface area contributed by atoms with Crippen molar-refractivity contribution in [3.63, 3.8) is 0 Å². The molecule has 0 saturated carbocycles. The molecule has 0 aliphatic rings. The molecule has 0 aliphatic carbocycles. The number of anilines is 2. The van der Waals surface area contributed by atoms with E-state index in [1.807, 2.05) is 30.3 Å². The second kappa shape index (κ2) is 6.27. The lowest BCUT2D eigenvalue weighted by atomic mass is 10.2. The van der Waals surface area contributed by atoms with Crippen LogP contribution < -0.4 is 11.1 Å². The molecule has 0 bridgehead atoms. The monoisotopic (exact) mass is 311 g/mol. The van der Waals surface area contributed by atoms with Crippen molar-refractivity contribution in [2.24, 2.45) is 0 Å². The Morgan fingerprint density at radius 2 is 1.96 bits per heavy atom. The predicted molar refractivity (Wildman–Crippen MR) is 84.3 cm³/mol. The van der Waals surface area contributed by atoms with Crippen LogP contribution in [-0.2, 0) is 6.54 Å². The van der Waals surface area contributed by atoms with Crippen molar-refractivity contribution in [2.75, 3.05) is 11.1 Å². The molecule has 116 valence electrons. The molecule has 3 N–H and O–H groups in total. The highest BCUT2D eigenvalue weighted by Gasteiger charge is 2.17. The zero-order chi connectivity index (χ0) is 16.2. The molecule has 1 heterocycles. The van der Waals surface area contributed by atoms with Crippen LogP contribution in [0.4, 0.5) is 15.9 Å². The summed E-state index contributed by atoms with van der Waals surface area (Å²) in [6.07, 6.45) is 0. The number of carbonyl (C=O) groups excluding carboxylic acids is 1. The van der Waals surface area contributed by atoms with Gasteiger partial charge in [-0.25, -0.2) is 9.07 Å². The van der Waals surface area contributed by atoms with E-state index < -0.39 is 11.7 Å². The van der Waals surface area contributed by atoms with Crippen LogP contribution in [0.5, 0.6) is 0 Å². The van der Waals surface area contributed by atoms with Gasteiger partial charge in [0.2, 0.25) is 0 Å². The number of hydrogen-bond acceptors (Lipinski definition) is 4. The van der Waals surface area contributed by atoms with Crippen molar-refractivity contribution < 1.29 is 9.18 Å². The van der Waals surface area contributed by atoms with Gasteiger partial charge in [-0.2, -0.15) is 0 Å². The Bertz CT molecular complexity index is 831. The number of aromatic nitrogens is 3.